The number of thiophene rings is 1. The molecule has 0 aliphatic heterocycles. The van der Waals surface area contributed by atoms with Crippen molar-refractivity contribution >= 4 is 21.4 Å². The SMILES string of the molecule is CCC(C)NS(=O)(=O)c1cc(CNC(C)C)sc1C. The Morgan fingerprint density at radius 2 is 1.95 bits per heavy atom. The van der Waals surface area contributed by atoms with Crippen molar-refractivity contribution in [1.82, 2.24) is 10.0 Å². The second-order valence-corrected chi connectivity index (χ2v) is 8.12. The van der Waals surface area contributed by atoms with E-state index in [9.17, 15) is 8.42 Å². The average Bonchev–Trinajstić information content (AvgIpc) is 2.68. The van der Waals surface area contributed by atoms with Crippen molar-refractivity contribution in [1.29, 1.82) is 0 Å². The third kappa shape index (κ3) is 4.87. The molecule has 4 nitrogen and oxygen atoms in total. The zero-order valence-corrected chi connectivity index (χ0v) is 13.9. The van der Waals surface area contributed by atoms with E-state index in [1.165, 1.54) is 11.3 Å². The third-order valence-electron chi connectivity index (χ3n) is 2.87. The molecule has 19 heavy (non-hydrogen) atoms. The van der Waals surface area contributed by atoms with Crippen molar-refractivity contribution in [3.63, 3.8) is 0 Å². The summed E-state index contributed by atoms with van der Waals surface area (Å²) in [6.45, 7) is 10.5. The molecule has 6 heteroatoms. The lowest BCUT2D eigenvalue weighted by molar-refractivity contribution is 0.555. The van der Waals surface area contributed by atoms with Gasteiger partial charge in [-0.1, -0.05) is 20.8 Å². The Balaban J connectivity index is 2.89. The van der Waals surface area contributed by atoms with Crippen LogP contribution in [-0.4, -0.2) is 20.5 Å². The fourth-order valence-corrected chi connectivity index (χ4v) is 4.51. The Morgan fingerprint density at radius 3 is 2.47 bits per heavy atom. The molecule has 1 unspecified atom stereocenters. The van der Waals surface area contributed by atoms with Gasteiger partial charge in [-0.25, -0.2) is 13.1 Å². The van der Waals surface area contributed by atoms with E-state index in [1.807, 2.05) is 20.8 Å². The second-order valence-electron chi connectivity index (χ2n) is 5.10. The molecule has 0 aliphatic carbocycles. The van der Waals surface area contributed by atoms with E-state index >= 15 is 0 Å². The molecule has 0 radical (unpaired) electrons. The quantitative estimate of drug-likeness (QED) is 0.814. The van der Waals surface area contributed by atoms with Crippen LogP contribution in [0.25, 0.3) is 0 Å². The van der Waals surface area contributed by atoms with E-state index in [2.05, 4.69) is 23.9 Å². The summed E-state index contributed by atoms with van der Waals surface area (Å²) in [5.74, 6) is 0. The van der Waals surface area contributed by atoms with Gasteiger partial charge < -0.3 is 5.32 Å². The fourth-order valence-electron chi connectivity index (χ4n) is 1.59. The largest absolute Gasteiger partial charge is 0.310 e. The molecule has 0 fully saturated rings. The van der Waals surface area contributed by atoms with Crippen LogP contribution < -0.4 is 10.0 Å². The Kier molecular flexibility index (Phi) is 5.98. The monoisotopic (exact) mass is 304 g/mol. The zero-order valence-electron chi connectivity index (χ0n) is 12.3. The zero-order chi connectivity index (χ0) is 14.6. The molecule has 1 aromatic rings. The second kappa shape index (κ2) is 6.83. The lowest BCUT2D eigenvalue weighted by atomic mass is 10.3. The van der Waals surface area contributed by atoms with Gasteiger partial charge in [0.25, 0.3) is 0 Å². The van der Waals surface area contributed by atoms with Crippen LogP contribution in [0.3, 0.4) is 0 Å². The molecule has 0 aliphatic rings. The Bertz CT molecular complexity index is 507. The minimum Gasteiger partial charge on any atom is -0.310 e. The van der Waals surface area contributed by atoms with E-state index in [1.54, 1.807) is 6.07 Å². The maximum absolute atomic E-state index is 12.2. The summed E-state index contributed by atoms with van der Waals surface area (Å²) in [5, 5.41) is 3.30. The predicted octanol–water partition coefficient (Wildman–Crippen LogP) is 2.63. The van der Waals surface area contributed by atoms with Crippen LogP contribution in [0.5, 0.6) is 0 Å². The molecule has 1 atom stereocenters. The normalized spacial score (nSPS) is 14.0. The van der Waals surface area contributed by atoms with Crippen molar-refractivity contribution in [3.8, 4) is 0 Å². The minimum absolute atomic E-state index is 0.0402. The van der Waals surface area contributed by atoms with Crippen molar-refractivity contribution in [2.75, 3.05) is 0 Å². The Morgan fingerprint density at radius 1 is 1.32 bits per heavy atom. The maximum atomic E-state index is 12.2. The number of aryl methyl sites for hydroxylation is 1. The molecule has 0 saturated heterocycles. The van der Waals surface area contributed by atoms with Gasteiger partial charge in [0, 0.05) is 28.4 Å². The van der Waals surface area contributed by atoms with Gasteiger partial charge in [-0.2, -0.15) is 0 Å². The third-order valence-corrected chi connectivity index (χ3v) is 5.76. The van der Waals surface area contributed by atoms with Crippen LogP contribution in [0.4, 0.5) is 0 Å². The van der Waals surface area contributed by atoms with Gasteiger partial charge in [0.1, 0.15) is 0 Å². The molecule has 2 N–H and O–H groups in total. The predicted molar refractivity (Wildman–Crippen MR) is 81.1 cm³/mol. The fraction of sp³-hybridized carbons (Fsp3) is 0.692. The van der Waals surface area contributed by atoms with Crippen LogP contribution >= 0.6 is 11.3 Å². The molecule has 110 valence electrons. The number of rotatable bonds is 7. The Hall–Kier alpha value is -0.430. The first-order valence-electron chi connectivity index (χ1n) is 6.61. The molecule has 0 amide bonds. The molecular formula is C13H24N2O2S2. The summed E-state index contributed by atoms with van der Waals surface area (Å²) in [4.78, 5) is 2.31. The van der Waals surface area contributed by atoms with Gasteiger partial charge in [0.05, 0.1) is 4.90 Å². The van der Waals surface area contributed by atoms with Gasteiger partial charge in [0.2, 0.25) is 10.0 Å². The van der Waals surface area contributed by atoms with Crippen LogP contribution in [0, 0.1) is 6.92 Å². The topological polar surface area (TPSA) is 58.2 Å². The van der Waals surface area contributed by atoms with Crippen LogP contribution in [0.15, 0.2) is 11.0 Å². The molecule has 1 aromatic heterocycles. The van der Waals surface area contributed by atoms with E-state index in [4.69, 9.17) is 0 Å². The van der Waals surface area contributed by atoms with E-state index < -0.39 is 10.0 Å². The van der Waals surface area contributed by atoms with E-state index in [0.717, 1.165) is 16.2 Å². The molecular weight excluding hydrogens is 280 g/mol. The summed E-state index contributed by atoms with van der Waals surface area (Å²) < 4.78 is 27.2. The maximum Gasteiger partial charge on any atom is 0.241 e. The number of sulfonamides is 1. The highest BCUT2D eigenvalue weighted by molar-refractivity contribution is 7.89. The molecule has 0 spiro atoms. The molecule has 0 bridgehead atoms. The highest BCUT2D eigenvalue weighted by Crippen LogP contribution is 2.26. The summed E-state index contributed by atoms with van der Waals surface area (Å²) in [7, 11) is -3.39. The van der Waals surface area contributed by atoms with Crippen LogP contribution in [-0.2, 0) is 16.6 Å². The standard InChI is InChI=1S/C13H24N2O2S2/c1-6-10(4)15-19(16,17)13-7-12(18-11(13)5)8-14-9(2)3/h7,9-10,14-15H,6,8H2,1-5H3. The van der Waals surface area contributed by atoms with Crippen LogP contribution in [0.1, 0.15) is 43.9 Å². The van der Waals surface area contributed by atoms with Crippen molar-refractivity contribution < 1.29 is 8.42 Å². The van der Waals surface area contributed by atoms with Crippen molar-refractivity contribution in [2.45, 2.75) is 64.6 Å². The van der Waals surface area contributed by atoms with Crippen LogP contribution in [0.2, 0.25) is 0 Å². The first kappa shape index (κ1) is 16.6. The summed E-state index contributed by atoms with van der Waals surface area (Å²) in [6, 6.07) is 2.13. The van der Waals surface area contributed by atoms with Gasteiger partial charge in [-0.15, -0.1) is 11.3 Å². The average molecular weight is 304 g/mol. The first-order chi connectivity index (χ1) is 8.76. The lowest BCUT2D eigenvalue weighted by Gasteiger charge is -2.11. The van der Waals surface area contributed by atoms with Gasteiger partial charge in [-0.3, -0.25) is 0 Å². The summed E-state index contributed by atoms with van der Waals surface area (Å²) >= 11 is 1.54. The minimum atomic E-state index is -3.39. The lowest BCUT2D eigenvalue weighted by Crippen LogP contribution is -2.32. The highest BCUT2D eigenvalue weighted by atomic mass is 32.2. The first-order valence-corrected chi connectivity index (χ1v) is 8.91. The molecule has 1 heterocycles. The highest BCUT2D eigenvalue weighted by Gasteiger charge is 2.21. The molecule has 1 rings (SSSR count). The summed E-state index contributed by atoms with van der Waals surface area (Å²) in [6.07, 6.45) is 0.782. The van der Waals surface area contributed by atoms with Crippen molar-refractivity contribution in [2.24, 2.45) is 0 Å². The number of hydrogen-bond acceptors (Lipinski definition) is 4. The smallest absolute Gasteiger partial charge is 0.241 e. The van der Waals surface area contributed by atoms with Gasteiger partial charge >= 0.3 is 0 Å². The van der Waals surface area contributed by atoms with E-state index in [-0.39, 0.29) is 6.04 Å². The molecule has 0 saturated carbocycles. The van der Waals surface area contributed by atoms with Gasteiger partial charge in [-0.05, 0) is 26.3 Å². The number of nitrogens with one attached hydrogen (secondary N) is 2. The number of hydrogen-bond donors (Lipinski definition) is 2. The van der Waals surface area contributed by atoms with Gasteiger partial charge in [0.15, 0.2) is 0 Å². The van der Waals surface area contributed by atoms with E-state index in [0.29, 0.717) is 17.5 Å². The van der Waals surface area contributed by atoms with Crippen molar-refractivity contribution in [3.05, 3.63) is 15.8 Å². The summed E-state index contributed by atoms with van der Waals surface area (Å²) in [5.41, 5.74) is 0. The Labute approximate surface area is 120 Å². The molecule has 0 aromatic carbocycles.